The van der Waals surface area contributed by atoms with Crippen molar-refractivity contribution in [2.24, 2.45) is 0 Å². The van der Waals surface area contributed by atoms with Crippen molar-refractivity contribution in [3.05, 3.63) is 18.2 Å². The molecule has 1 amide bonds. The molecule has 21 heavy (non-hydrogen) atoms. The Bertz CT molecular complexity index is 476. The zero-order chi connectivity index (χ0) is 15.1. The number of hydrogen-bond acceptors (Lipinski definition) is 5. The average molecular weight is 309 g/mol. The number of nitrogens with two attached hydrogens (primary N) is 1. The minimum absolute atomic E-state index is 0.00489. The molecule has 116 valence electrons. The number of nitrogens with zero attached hydrogens (tertiary/aromatic N) is 1. The van der Waals surface area contributed by atoms with Gasteiger partial charge in [0.25, 0.3) is 0 Å². The Morgan fingerprint density at radius 1 is 1.43 bits per heavy atom. The summed E-state index contributed by atoms with van der Waals surface area (Å²) in [5.41, 5.74) is 6.98. The Hall–Kier alpha value is -1.40. The first kappa shape index (κ1) is 16.0. The Labute approximate surface area is 130 Å². The van der Waals surface area contributed by atoms with E-state index in [0.29, 0.717) is 23.5 Å². The quantitative estimate of drug-likeness (QED) is 0.787. The minimum Gasteiger partial charge on any atom is -0.495 e. The van der Waals surface area contributed by atoms with E-state index < -0.39 is 0 Å². The SMILES string of the molecule is COc1ccc(N)cc1NC(=O)CCCN1CCSCC1. The third-order valence-electron chi connectivity index (χ3n) is 3.48. The number of benzene rings is 1. The molecule has 0 saturated carbocycles. The third-order valence-corrected chi connectivity index (χ3v) is 4.42. The number of nitrogens with one attached hydrogen (secondary N) is 1. The topological polar surface area (TPSA) is 67.6 Å². The molecule has 0 radical (unpaired) electrons. The number of anilines is 2. The summed E-state index contributed by atoms with van der Waals surface area (Å²) in [6.45, 7) is 3.26. The fraction of sp³-hybridized carbons (Fsp3) is 0.533. The van der Waals surface area contributed by atoms with Gasteiger partial charge in [0.1, 0.15) is 5.75 Å². The molecular formula is C15H23N3O2S. The van der Waals surface area contributed by atoms with E-state index in [0.717, 1.165) is 26.1 Å². The van der Waals surface area contributed by atoms with E-state index in [9.17, 15) is 4.79 Å². The van der Waals surface area contributed by atoms with Gasteiger partial charge in [0.15, 0.2) is 0 Å². The minimum atomic E-state index is 0.00489. The summed E-state index contributed by atoms with van der Waals surface area (Å²) in [6.07, 6.45) is 1.39. The van der Waals surface area contributed by atoms with Gasteiger partial charge in [0.2, 0.25) is 5.91 Å². The van der Waals surface area contributed by atoms with E-state index >= 15 is 0 Å². The molecule has 1 fully saturated rings. The van der Waals surface area contributed by atoms with Gasteiger partial charge in [-0.2, -0.15) is 11.8 Å². The summed E-state index contributed by atoms with van der Waals surface area (Å²) in [4.78, 5) is 14.4. The molecule has 0 atom stereocenters. The van der Waals surface area contributed by atoms with Crippen LogP contribution < -0.4 is 15.8 Å². The summed E-state index contributed by atoms with van der Waals surface area (Å²) in [5.74, 6) is 3.04. The van der Waals surface area contributed by atoms with Crippen molar-refractivity contribution in [1.82, 2.24) is 4.90 Å². The van der Waals surface area contributed by atoms with Crippen molar-refractivity contribution in [2.75, 3.05) is 49.3 Å². The van der Waals surface area contributed by atoms with E-state index in [-0.39, 0.29) is 5.91 Å². The maximum Gasteiger partial charge on any atom is 0.224 e. The van der Waals surface area contributed by atoms with Gasteiger partial charge < -0.3 is 20.7 Å². The lowest BCUT2D eigenvalue weighted by Gasteiger charge is -2.25. The highest BCUT2D eigenvalue weighted by Gasteiger charge is 2.12. The van der Waals surface area contributed by atoms with Crippen LogP contribution in [0.25, 0.3) is 0 Å². The maximum absolute atomic E-state index is 12.0. The first-order chi connectivity index (χ1) is 10.2. The highest BCUT2D eigenvalue weighted by molar-refractivity contribution is 7.99. The van der Waals surface area contributed by atoms with E-state index in [1.54, 1.807) is 25.3 Å². The normalized spacial score (nSPS) is 15.7. The summed E-state index contributed by atoms with van der Waals surface area (Å²) >= 11 is 2.00. The first-order valence-corrected chi connectivity index (χ1v) is 8.38. The fourth-order valence-electron chi connectivity index (χ4n) is 2.32. The molecule has 6 heteroatoms. The van der Waals surface area contributed by atoms with Crippen LogP contribution in [0.1, 0.15) is 12.8 Å². The van der Waals surface area contributed by atoms with E-state index in [4.69, 9.17) is 10.5 Å². The lowest BCUT2D eigenvalue weighted by Crippen LogP contribution is -2.33. The van der Waals surface area contributed by atoms with Crippen molar-refractivity contribution in [2.45, 2.75) is 12.8 Å². The van der Waals surface area contributed by atoms with Crippen LogP contribution in [0.2, 0.25) is 0 Å². The van der Waals surface area contributed by atoms with Gasteiger partial charge in [-0.15, -0.1) is 0 Å². The molecule has 0 aromatic heterocycles. The number of methoxy groups -OCH3 is 1. The number of ether oxygens (including phenoxy) is 1. The number of rotatable bonds is 6. The van der Waals surface area contributed by atoms with Crippen molar-refractivity contribution in [3.8, 4) is 5.75 Å². The van der Waals surface area contributed by atoms with Gasteiger partial charge in [-0.3, -0.25) is 4.79 Å². The monoisotopic (exact) mass is 309 g/mol. The van der Waals surface area contributed by atoms with Gasteiger partial charge in [-0.25, -0.2) is 0 Å². The number of amides is 1. The molecule has 1 heterocycles. The smallest absolute Gasteiger partial charge is 0.224 e. The van der Waals surface area contributed by atoms with Crippen LogP contribution in [0.15, 0.2) is 18.2 Å². The number of carbonyl (C=O) groups excluding carboxylic acids is 1. The number of nitrogen functional groups attached to an aromatic ring is 1. The largest absolute Gasteiger partial charge is 0.495 e. The second-order valence-electron chi connectivity index (χ2n) is 5.07. The molecule has 1 aliphatic rings. The molecule has 0 unspecified atom stereocenters. The zero-order valence-corrected chi connectivity index (χ0v) is 13.2. The van der Waals surface area contributed by atoms with Crippen molar-refractivity contribution >= 4 is 29.0 Å². The van der Waals surface area contributed by atoms with Gasteiger partial charge >= 0.3 is 0 Å². The lowest BCUT2D eigenvalue weighted by atomic mass is 10.2. The Morgan fingerprint density at radius 3 is 2.90 bits per heavy atom. The molecule has 3 N–H and O–H groups in total. The predicted octanol–water partition coefficient (Wildman–Crippen LogP) is 2.04. The molecule has 5 nitrogen and oxygen atoms in total. The Morgan fingerprint density at radius 2 is 2.19 bits per heavy atom. The van der Waals surface area contributed by atoms with Crippen LogP contribution >= 0.6 is 11.8 Å². The maximum atomic E-state index is 12.0. The van der Waals surface area contributed by atoms with Gasteiger partial charge in [-0.1, -0.05) is 0 Å². The molecule has 1 aliphatic heterocycles. The molecule has 0 bridgehead atoms. The standard InChI is InChI=1S/C15H23N3O2S/c1-20-14-5-4-12(16)11-13(14)17-15(19)3-2-6-18-7-9-21-10-8-18/h4-5,11H,2-3,6-10,16H2,1H3,(H,17,19). The number of hydrogen-bond donors (Lipinski definition) is 2. The van der Waals surface area contributed by atoms with Crippen LogP contribution in [0, 0.1) is 0 Å². The Balaban J connectivity index is 1.77. The predicted molar refractivity (Wildman–Crippen MR) is 89.0 cm³/mol. The lowest BCUT2D eigenvalue weighted by molar-refractivity contribution is -0.116. The summed E-state index contributed by atoms with van der Waals surface area (Å²) in [7, 11) is 1.58. The molecule has 1 aromatic carbocycles. The van der Waals surface area contributed by atoms with E-state index in [2.05, 4.69) is 10.2 Å². The molecule has 2 rings (SSSR count). The fourth-order valence-corrected chi connectivity index (χ4v) is 3.30. The molecule has 1 saturated heterocycles. The zero-order valence-electron chi connectivity index (χ0n) is 12.4. The molecule has 0 spiro atoms. The van der Waals surface area contributed by atoms with Gasteiger partial charge in [0.05, 0.1) is 12.8 Å². The summed E-state index contributed by atoms with van der Waals surface area (Å²) in [6, 6.07) is 5.23. The Kier molecular flexibility index (Phi) is 6.20. The van der Waals surface area contributed by atoms with E-state index in [1.807, 2.05) is 11.8 Å². The second-order valence-corrected chi connectivity index (χ2v) is 6.29. The van der Waals surface area contributed by atoms with E-state index in [1.165, 1.54) is 11.5 Å². The van der Waals surface area contributed by atoms with Crippen LogP contribution in [-0.4, -0.2) is 49.1 Å². The van der Waals surface area contributed by atoms with Gasteiger partial charge in [0, 0.05) is 36.7 Å². The van der Waals surface area contributed by atoms with Crippen LogP contribution in [0.3, 0.4) is 0 Å². The number of carbonyl (C=O) groups is 1. The van der Waals surface area contributed by atoms with Crippen molar-refractivity contribution < 1.29 is 9.53 Å². The van der Waals surface area contributed by atoms with Crippen LogP contribution in [0.4, 0.5) is 11.4 Å². The molecule has 0 aliphatic carbocycles. The highest BCUT2D eigenvalue weighted by atomic mass is 32.2. The molecular weight excluding hydrogens is 286 g/mol. The highest BCUT2D eigenvalue weighted by Crippen LogP contribution is 2.26. The van der Waals surface area contributed by atoms with Crippen LogP contribution in [-0.2, 0) is 4.79 Å². The summed E-state index contributed by atoms with van der Waals surface area (Å²) in [5, 5.41) is 2.87. The van der Waals surface area contributed by atoms with Crippen molar-refractivity contribution in [3.63, 3.8) is 0 Å². The summed E-state index contributed by atoms with van der Waals surface area (Å²) < 4.78 is 5.22. The van der Waals surface area contributed by atoms with Crippen molar-refractivity contribution in [1.29, 1.82) is 0 Å². The third kappa shape index (κ3) is 5.13. The van der Waals surface area contributed by atoms with Gasteiger partial charge in [-0.05, 0) is 31.2 Å². The van der Waals surface area contributed by atoms with Crippen LogP contribution in [0.5, 0.6) is 5.75 Å². The number of thioether (sulfide) groups is 1. The first-order valence-electron chi connectivity index (χ1n) is 7.22. The second kappa shape index (κ2) is 8.14. The average Bonchev–Trinajstić information content (AvgIpc) is 2.48. The molecule has 1 aromatic rings.